The Balaban J connectivity index is 1.75. The maximum atomic E-state index is 13.8. The van der Waals surface area contributed by atoms with E-state index < -0.39 is 29.4 Å². The van der Waals surface area contributed by atoms with Gasteiger partial charge >= 0.3 is 12.1 Å². The number of aromatic nitrogens is 1. The number of amides is 4. The normalized spacial score (nSPS) is 15.7. The van der Waals surface area contributed by atoms with Gasteiger partial charge in [0, 0.05) is 57.5 Å². The third-order valence-corrected chi connectivity index (χ3v) is 5.64. The van der Waals surface area contributed by atoms with Crippen molar-refractivity contribution in [2.24, 2.45) is 0 Å². The van der Waals surface area contributed by atoms with Crippen LogP contribution in [0.15, 0.2) is 36.7 Å². The number of rotatable bonds is 8. The molecule has 0 bridgehead atoms. The zero-order valence-corrected chi connectivity index (χ0v) is 21.8. The molecule has 1 aromatic carbocycles. The standard InChI is InChI=1S/C26H36FN5O5/c1-26(2,3)37-25(35)31-12-6-9-19(15-31)29-23(33)21-16-32(20-10-5-8-18(27)14-20)17-22(21)30-24(34)28-11-7-13-36-4/h5,8,10,14,16-17,19H,6-7,9,11-13,15H2,1-4H3,(H,29,33)(H2,28,30,34). The minimum atomic E-state index is -0.613. The summed E-state index contributed by atoms with van der Waals surface area (Å²) < 4.78 is 25.8. The molecule has 1 saturated heterocycles. The molecular formula is C26H36FN5O5. The summed E-state index contributed by atoms with van der Waals surface area (Å²) >= 11 is 0. The maximum Gasteiger partial charge on any atom is 0.410 e. The summed E-state index contributed by atoms with van der Waals surface area (Å²) in [6.45, 7) is 7.18. The largest absolute Gasteiger partial charge is 0.444 e. The first-order valence-corrected chi connectivity index (χ1v) is 12.4. The number of anilines is 1. The Bertz CT molecular complexity index is 1100. The summed E-state index contributed by atoms with van der Waals surface area (Å²) in [4.78, 5) is 39.8. The number of halogens is 1. The van der Waals surface area contributed by atoms with Crippen molar-refractivity contribution >= 4 is 23.7 Å². The van der Waals surface area contributed by atoms with Crippen LogP contribution in [0.3, 0.4) is 0 Å². The van der Waals surface area contributed by atoms with Gasteiger partial charge in [0.2, 0.25) is 0 Å². The van der Waals surface area contributed by atoms with Gasteiger partial charge in [-0.15, -0.1) is 0 Å². The zero-order valence-electron chi connectivity index (χ0n) is 21.8. The predicted molar refractivity (Wildman–Crippen MR) is 138 cm³/mol. The molecule has 1 aromatic heterocycles. The van der Waals surface area contributed by atoms with Gasteiger partial charge in [0.1, 0.15) is 11.4 Å². The van der Waals surface area contributed by atoms with E-state index in [-0.39, 0.29) is 17.3 Å². The van der Waals surface area contributed by atoms with Crippen molar-refractivity contribution in [1.29, 1.82) is 0 Å². The maximum absolute atomic E-state index is 13.8. The number of nitrogens with zero attached hydrogens (tertiary/aromatic N) is 2. The summed E-state index contributed by atoms with van der Waals surface area (Å²) in [6.07, 6.45) is 4.72. The lowest BCUT2D eigenvalue weighted by Gasteiger charge is -2.34. The number of ether oxygens (including phenoxy) is 2. The van der Waals surface area contributed by atoms with E-state index in [9.17, 15) is 18.8 Å². The highest BCUT2D eigenvalue weighted by Gasteiger charge is 2.29. The fourth-order valence-electron chi connectivity index (χ4n) is 3.96. The molecule has 1 aliphatic heterocycles. The second-order valence-electron chi connectivity index (χ2n) is 9.94. The highest BCUT2D eigenvalue weighted by Crippen LogP contribution is 2.23. The molecule has 3 N–H and O–H groups in total. The van der Waals surface area contributed by atoms with E-state index in [4.69, 9.17) is 9.47 Å². The number of methoxy groups -OCH3 is 1. The third kappa shape index (κ3) is 8.49. The number of piperidine rings is 1. The SMILES string of the molecule is COCCCNC(=O)Nc1cn(-c2cccc(F)c2)cc1C(=O)NC1CCCN(C(=O)OC(C)(C)C)C1. The molecule has 3 rings (SSSR count). The average molecular weight is 518 g/mol. The van der Waals surface area contributed by atoms with Gasteiger partial charge in [-0.1, -0.05) is 6.07 Å². The van der Waals surface area contributed by atoms with Crippen molar-refractivity contribution in [1.82, 2.24) is 20.1 Å². The first kappa shape index (κ1) is 28.0. The lowest BCUT2D eigenvalue weighted by Crippen LogP contribution is -2.50. The van der Waals surface area contributed by atoms with Crippen LogP contribution in [0.25, 0.3) is 5.69 Å². The van der Waals surface area contributed by atoms with Gasteiger partial charge in [0.05, 0.1) is 11.3 Å². The van der Waals surface area contributed by atoms with Crippen LogP contribution in [-0.4, -0.2) is 72.5 Å². The summed E-state index contributed by atoms with van der Waals surface area (Å²) in [5.41, 5.74) is 0.366. The molecule has 1 fully saturated rings. The van der Waals surface area contributed by atoms with Gasteiger partial charge in [-0.05, 0) is 58.2 Å². The number of hydrogen-bond donors (Lipinski definition) is 3. The molecule has 1 atom stereocenters. The first-order chi connectivity index (χ1) is 17.6. The molecule has 10 nitrogen and oxygen atoms in total. The number of likely N-dealkylation sites (tertiary alicyclic amines) is 1. The molecule has 0 saturated carbocycles. The minimum absolute atomic E-state index is 0.214. The van der Waals surface area contributed by atoms with Crippen LogP contribution in [0, 0.1) is 5.82 Å². The van der Waals surface area contributed by atoms with E-state index in [2.05, 4.69) is 16.0 Å². The minimum Gasteiger partial charge on any atom is -0.444 e. The van der Waals surface area contributed by atoms with Crippen LogP contribution < -0.4 is 16.0 Å². The predicted octanol–water partition coefficient (Wildman–Crippen LogP) is 3.90. The van der Waals surface area contributed by atoms with Crippen molar-refractivity contribution in [3.05, 3.63) is 48.0 Å². The quantitative estimate of drug-likeness (QED) is 0.460. The van der Waals surface area contributed by atoms with Gasteiger partial charge < -0.3 is 34.9 Å². The van der Waals surface area contributed by atoms with Crippen LogP contribution in [0.4, 0.5) is 19.7 Å². The molecule has 0 spiro atoms. The fraction of sp³-hybridized carbons (Fsp3) is 0.500. The molecule has 0 radical (unpaired) electrons. The Labute approximate surface area is 216 Å². The van der Waals surface area contributed by atoms with Crippen molar-refractivity contribution < 1.29 is 28.2 Å². The van der Waals surface area contributed by atoms with E-state index in [1.165, 1.54) is 12.1 Å². The number of benzene rings is 1. The van der Waals surface area contributed by atoms with Crippen molar-refractivity contribution in [3.63, 3.8) is 0 Å². The highest BCUT2D eigenvalue weighted by atomic mass is 19.1. The van der Waals surface area contributed by atoms with Crippen molar-refractivity contribution in [3.8, 4) is 5.69 Å². The Morgan fingerprint density at radius 1 is 1.19 bits per heavy atom. The molecule has 11 heteroatoms. The Morgan fingerprint density at radius 2 is 1.97 bits per heavy atom. The van der Waals surface area contributed by atoms with Gasteiger partial charge in [-0.2, -0.15) is 0 Å². The molecule has 4 amide bonds. The Hall–Kier alpha value is -3.60. The molecule has 202 valence electrons. The number of hydrogen-bond acceptors (Lipinski definition) is 5. The zero-order chi connectivity index (χ0) is 27.0. The van der Waals surface area contributed by atoms with E-state index >= 15 is 0 Å². The summed E-state index contributed by atoms with van der Waals surface area (Å²) in [5.74, 6) is -0.840. The lowest BCUT2D eigenvalue weighted by molar-refractivity contribution is 0.0185. The van der Waals surface area contributed by atoms with E-state index in [0.29, 0.717) is 51.2 Å². The molecule has 1 unspecified atom stereocenters. The Morgan fingerprint density at radius 3 is 2.68 bits per heavy atom. The molecular weight excluding hydrogens is 481 g/mol. The first-order valence-electron chi connectivity index (χ1n) is 12.4. The van der Waals surface area contributed by atoms with E-state index in [1.807, 2.05) is 0 Å². The van der Waals surface area contributed by atoms with Gasteiger partial charge in [-0.25, -0.2) is 14.0 Å². The van der Waals surface area contributed by atoms with Gasteiger partial charge in [0.15, 0.2) is 0 Å². The number of carbonyl (C=O) groups excluding carboxylic acids is 3. The topological polar surface area (TPSA) is 114 Å². The molecule has 37 heavy (non-hydrogen) atoms. The van der Waals surface area contributed by atoms with E-state index in [1.54, 1.807) is 61.9 Å². The highest BCUT2D eigenvalue weighted by molar-refractivity contribution is 6.03. The lowest BCUT2D eigenvalue weighted by atomic mass is 10.1. The van der Waals surface area contributed by atoms with Crippen LogP contribution in [0.2, 0.25) is 0 Å². The number of nitrogens with one attached hydrogen (secondary N) is 3. The van der Waals surface area contributed by atoms with Gasteiger partial charge in [-0.3, -0.25) is 4.79 Å². The summed E-state index contributed by atoms with van der Waals surface area (Å²) in [5, 5.41) is 8.40. The molecule has 2 heterocycles. The van der Waals surface area contributed by atoms with Crippen molar-refractivity contribution in [2.45, 2.75) is 51.7 Å². The van der Waals surface area contributed by atoms with Crippen LogP contribution in [-0.2, 0) is 9.47 Å². The van der Waals surface area contributed by atoms with Crippen LogP contribution in [0.5, 0.6) is 0 Å². The Kier molecular flexibility index (Phi) is 9.51. The average Bonchev–Trinajstić information content (AvgIpc) is 3.25. The second kappa shape index (κ2) is 12.6. The fourth-order valence-corrected chi connectivity index (χ4v) is 3.96. The smallest absolute Gasteiger partial charge is 0.410 e. The van der Waals surface area contributed by atoms with E-state index in [0.717, 1.165) is 0 Å². The molecule has 0 aliphatic carbocycles. The second-order valence-corrected chi connectivity index (χ2v) is 9.94. The van der Waals surface area contributed by atoms with Crippen LogP contribution in [0.1, 0.15) is 50.4 Å². The summed E-state index contributed by atoms with van der Waals surface area (Å²) in [7, 11) is 1.58. The number of urea groups is 1. The van der Waals surface area contributed by atoms with Crippen molar-refractivity contribution in [2.75, 3.05) is 38.7 Å². The monoisotopic (exact) mass is 517 g/mol. The molecule has 2 aromatic rings. The van der Waals surface area contributed by atoms with Crippen LogP contribution >= 0.6 is 0 Å². The van der Waals surface area contributed by atoms with Gasteiger partial charge in [0.25, 0.3) is 5.91 Å². The third-order valence-electron chi connectivity index (χ3n) is 5.64. The number of carbonyl (C=O) groups is 3. The summed E-state index contributed by atoms with van der Waals surface area (Å²) in [6, 6.07) is 5.15. The molecule has 1 aliphatic rings.